The van der Waals surface area contributed by atoms with Crippen LogP contribution in [0, 0.1) is 0 Å². The summed E-state index contributed by atoms with van der Waals surface area (Å²) in [4.78, 5) is 2.65. The fourth-order valence-electron chi connectivity index (χ4n) is 3.80. The molecule has 0 aromatic heterocycles. The van der Waals surface area contributed by atoms with Crippen molar-refractivity contribution >= 4 is 0 Å². The lowest BCUT2D eigenvalue weighted by Gasteiger charge is -2.43. The highest BCUT2D eigenvalue weighted by atomic mass is 15.2. The maximum atomic E-state index is 6.65. The molecule has 2 N–H and O–H groups in total. The van der Waals surface area contributed by atoms with E-state index in [1.807, 2.05) is 0 Å². The Bertz CT molecular complexity index is 441. The Morgan fingerprint density at radius 2 is 1.86 bits per heavy atom. The molecule has 0 amide bonds. The van der Waals surface area contributed by atoms with Crippen LogP contribution in [0.2, 0.25) is 0 Å². The van der Waals surface area contributed by atoms with Crippen molar-refractivity contribution in [1.82, 2.24) is 4.90 Å². The molecule has 0 saturated carbocycles. The molecule has 0 spiro atoms. The van der Waals surface area contributed by atoms with Gasteiger partial charge in [-0.25, -0.2) is 0 Å². The minimum Gasteiger partial charge on any atom is -0.323 e. The molecular weight excluding hydrogens is 256 g/mol. The van der Waals surface area contributed by atoms with E-state index in [9.17, 15) is 0 Å². The standard InChI is InChI=1S/C19H32N2/c1-5-6-9-12-21(14(2)3)18-13-15(4)16-10-7-8-11-17(16)19(18)20/h7-8,10-11,14-15,18-19H,5-6,9,12-13,20H2,1-4H3. The topological polar surface area (TPSA) is 29.3 Å². The molecule has 0 fully saturated rings. The average molecular weight is 288 g/mol. The van der Waals surface area contributed by atoms with Crippen LogP contribution in [0.1, 0.15) is 76.5 Å². The Balaban J connectivity index is 2.18. The van der Waals surface area contributed by atoms with Crippen molar-refractivity contribution in [2.75, 3.05) is 6.54 Å². The Labute approximate surface area is 130 Å². The van der Waals surface area contributed by atoms with Gasteiger partial charge in [-0.1, -0.05) is 51.0 Å². The molecule has 2 rings (SSSR count). The third kappa shape index (κ3) is 3.67. The lowest BCUT2D eigenvalue weighted by atomic mass is 9.77. The number of fused-ring (bicyclic) bond motifs is 1. The highest BCUT2D eigenvalue weighted by Crippen LogP contribution is 2.39. The monoisotopic (exact) mass is 288 g/mol. The zero-order valence-electron chi connectivity index (χ0n) is 14.2. The summed E-state index contributed by atoms with van der Waals surface area (Å²) in [5, 5.41) is 0. The van der Waals surface area contributed by atoms with Crippen LogP contribution < -0.4 is 5.73 Å². The lowest BCUT2D eigenvalue weighted by molar-refractivity contribution is 0.110. The van der Waals surface area contributed by atoms with E-state index in [4.69, 9.17) is 5.73 Å². The third-order valence-corrected chi connectivity index (χ3v) is 5.00. The van der Waals surface area contributed by atoms with Gasteiger partial charge in [-0.15, -0.1) is 0 Å². The first-order valence-corrected chi connectivity index (χ1v) is 8.66. The summed E-state index contributed by atoms with van der Waals surface area (Å²) in [7, 11) is 0. The van der Waals surface area contributed by atoms with E-state index in [2.05, 4.69) is 56.9 Å². The molecule has 0 bridgehead atoms. The predicted molar refractivity (Wildman–Crippen MR) is 91.6 cm³/mol. The van der Waals surface area contributed by atoms with Crippen LogP contribution in [0.25, 0.3) is 0 Å². The van der Waals surface area contributed by atoms with E-state index in [-0.39, 0.29) is 6.04 Å². The molecule has 0 saturated heterocycles. The second-order valence-electron chi connectivity index (χ2n) is 6.90. The van der Waals surface area contributed by atoms with Crippen molar-refractivity contribution in [3.63, 3.8) is 0 Å². The van der Waals surface area contributed by atoms with Gasteiger partial charge in [0.1, 0.15) is 0 Å². The number of rotatable bonds is 6. The van der Waals surface area contributed by atoms with Gasteiger partial charge in [-0.05, 0) is 50.3 Å². The number of hydrogen-bond donors (Lipinski definition) is 1. The summed E-state index contributed by atoms with van der Waals surface area (Å²) in [6, 6.07) is 9.96. The maximum Gasteiger partial charge on any atom is 0.0456 e. The number of unbranched alkanes of at least 4 members (excludes halogenated alkanes) is 2. The van der Waals surface area contributed by atoms with E-state index >= 15 is 0 Å². The smallest absolute Gasteiger partial charge is 0.0456 e. The summed E-state index contributed by atoms with van der Waals surface area (Å²) in [5.41, 5.74) is 9.47. The highest BCUT2D eigenvalue weighted by Gasteiger charge is 2.34. The normalized spacial score (nSPS) is 25.4. The van der Waals surface area contributed by atoms with Crippen LogP contribution in [0.4, 0.5) is 0 Å². The van der Waals surface area contributed by atoms with E-state index in [0.717, 1.165) is 0 Å². The van der Waals surface area contributed by atoms with Gasteiger partial charge < -0.3 is 5.73 Å². The SMILES string of the molecule is CCCCCN(C(C)C)C1CC(C)c2ccccc2C1N. The van der Waals surface area contributed by atoms with Crippen molar-refractivity contribution in [3.8, 4) is 0 Å². The van der Waals surface area contributed by atoms with Crippen LogP contribution in [0.3, 0.4) is 0 Å². The third-order valence-electron chi connectivity index (χ3n) is 5.00. The molecule has 21 heavy (non-hydrogen) atoms. The van der Waals surface area contributed by atoms with Crippen molar-refractivity contribution in [2.45, 2.75) is 77.4 Å². The van der Waals surface area contributed by atoms with Gasteiger partial charge in [0.15, 0.2) is 0 Å². The number of nitrogens with zero attached hydrogens (tertiary/aromatic N) is 1. The van der Waals surface area contributed by atoms with Crippen LogP contribution in [0.15, 0.2) is 24.3 Å². The first-order chi connectivity index (χ1) is 10.1. The molecule has 0 aliphatic heterocycles. The summed E-state index contributed by atoms with van der Waals surface area (Å²) >= 11 is 0. The van der Waals surface area contributed by atoms with E-state index < -0.39 is 0 Å². The first kappa shape index (κ1) is 16.5. The van der Waals surface area contributed by atoms with Crippen LogP contribution in [-0.2, 0) is 0 Å². The molecule has 2 nitrogen and oxygen atoms in total. The van der Waals surface area contributed by atoms with Crippen molar-refractivity contribution in [2.24, 2.45) is 5.73 Å². The molecule has 1 aliphatic rings. The fourth-order valence-corrected chi connectivity index (χ4v) is 3.80. The van der Waals surface area contributed by atoms with Crippen molar-refractivity contribution in [1.29, 1.82) is 0 Å². The van der Waals surface area contributed by atoms with Gasteiger partial charge in [0.2, 0.25) is 0 Å². The Morgan fingerprint density at radius 3 is 2.48 bits per heavy atom. The maximum absolute atomic E-state index is 6.65. The van der Waals surface area contributed by atoms with Gasteiger partial charge in [0.25, 0.3) is 0 Å². The molecule has 0 heterocycles. The van der Waals surface area contributed by atoms with Gasteiger partial charge >= 0.3 is 0 Å². The fraction of sp³-hybridized carbons (Fsp3) is 0.684. The van der Waals surface area contributed by atoms with Gasteiger partial charge in [-0.2, -0.15) is 0 Å². The molecular formula is C19H32N2. The Morgan fingerprint density at radius 1 is 1.19 bits per heavy atom. The predicted octanol–water partition coefficient (Wildman–Crippen LogP) is 4.46. The molecule has 3 atom stereocenters. The molecule has 1 aromatic rings. The molecule has 3 unspecified atom stereocenters. The molecule has 0 radical (unpaired) electrons. The van der Waals surface area contributed by atoms with Crippen molar-refractivity contribution < 1.29 is 0 Å². The largest absolute Gasteiger partial charge is 0.323 e. The van der Waals surface area contributed by atoms with E-state index in [1.54, 1.807) is 0 Å². The molecule has 2 heteroatoms. The lowest BCUT2D eigenvalue weighted by Crippen LogP contribution is -2.49. The second kappa shape index (κ2) is 7.42. The average Bonchev–Trinajstić information content (AvgIpc) is 2.48. The Hall–Kier alpha value is -0.860. The second-order valence-corrected chi connectivity index (χ2v) is 6.90. The number of benzene rings is 1. The zero-order chi connectivity index (χ0) is 15.4. The van der Waals surface area contributed by atoms with E-state index in [0.29, 0.717) is 18.0 Å². The first-order valence-electron chi connectivity index (χ1n) is 8.66. The number of nitrogens with two attached hydrogens (primary N) is 1. The quantitative estimate of drug-likeness (QED) is 0.783. The Kier molecular flexibility index (Phi) is 5.83. The summed E-state index contributed by atoms with van der Waals surface area (Å²) in [6.07, 6.45) is 5.07. The van der Waals surface area contributed by atoms with Gasteiger partial charge in [-0.3, -0.25) is 4.90 Å². The summed E-state index contributed by atoms with van der Waals surface area (Å²) < 4.78 is 0. The van der Waals surface area contributed by atoms with Crippen LogP contribution in [0.5, 0.6) is 0 Å². The van der Waals surface area contributed by atoms with Gasteiger partial charge in [0.05, 0.1) is 0 Å². The van der Waals surface area contributed by atoms with E-state index in [1.165, 1.54) is 43.4 Å². The summed E-state index contributed by atoms with van der Waals surface area (Å²) in [6.45, 7) is 10.4. The molecule has 1 aliphatic carbocycles. The minimum atomic E-state index is 0.154. The van der Waals surface area contributed by atoms with Gasteiger partial charge in [0, 0.05) is 18.1 Å². The highest BCUT2D eigenvalue weighted by molar-refractivity contribution is 5.36. The van der Waals surface area contributed by atoms with Crippen LogP contribution >= 0.6 is 0 Å². The zero-order valence-corrected chi connectivity index (χ0v) is 14.2. The minimum absolute atomic E-state index is 0.154. The molecule has 1 aromatic carbocycles. The number of hydrogen-bond acceptors (Lipinski definition) is 2. The summed E-state index contributed by atoms with van der Waals surface area (Å²) in [5.74, 6) is 0.610. The van der Waals surface area contributed by atoms with Crippen molar-refractivity contribution in [3.05, 3.63) is 35.4 Å². The van der Waals surface area contributed by atoms with Crippen LogP contribution in [-0.4, -0.2) is 23.5 Å². The molecule has 118 valence electrons.